The number of aromatic nitrogens is 2. The SMILES string of the molecule is O=c1c2ccc(F)cc2nc2n1CC/C2=C\c1ccccc1. The molecule has 1 aliphatic heterocycles. The van der Waals surface area contributed by atoms with Crippen LogP contribution >= 0.6 is 0 Å². The van der Waals surface area contributed by atoms with Gasteiger partial charge in [0.25, 0.3) is 5.56 Å². The zero-order valence-corrected chi connectivity index (χ0v) is 11.8. The van der Waals surface area contributed by atoms with E-state index in [2.05, 4.69) is 4.98 Å². The van der Waals surface area contributed by atoms with Gasteiger partial charge >= 0.3 is 0 Å². The zero-order valence-electron chi connectivity index (χ0n) is 11.8. The van der Waals surface area contributed by atoms with E-state index in [4.69, 9.17) is 0 Å². The monoisotopic (exact) mass is 292 g/mol. The Kier molecular flexibility index (Phi) is 2.89. The standard InChI is InChI=1S/C18H13FN2O/c19-14-6-7-15-16(11-14)20-17-13(8-9-21(17)18(15)22)10-12-4-2-1-3-5-12/h1-7,10-11H,8-9H2/b13-10+. The van der Waals surface area contributed by atoms with Crippen LogP contribution in [-0.4, -0.2) is 9.55 Å². The third-order valence-electron chi connectivity index (χ3n) is 3.95. The maximum absolute atomic E-state index is 13.4. The Balaban J connectivity index is 1.93. The van der Waals surface area contributed by atoms with Gasteiger partial charge in [0.15, 0.2) is 0 Å². The number of halogens is 1. The van der Waals surface area contributed by atoms with Gasteiger partial charge in [-0.05, 0) is 35.8 Å². The molecule has 0 saturated carbocycles. The molecule has 0 amide bonds. The summed E-state index contributed by atoms with van der Waals surface area (Å²) in [7, 11) is 0. The van der Waals surface area contributed by atoms with Crippen LogP contribution in [0.25, 0.3) is 22.6 Å². The molecule has 3 nitrogen and oxygen atoms in total. The van der Waals surface area contributed by atoms with Crippen LogP contribution in [0.5, 0.6) is 0 Å². The molecule has 2 heterocycles. The molecule has 108 valence electrons. The average molecular weight is 292 g/mol. The van der Waals surface area contributed by atoms with Crippen molar-refractivity contribution in [2.75, 3.05) is 0 Å². The second-order valence-electron chi connectivity index (χ2n) is 5.38. The smallest absolute Gasteiger partial charge is 0.261 e. The molecule has 4 heteroatoms. The minimum Gasteiger partial charge on any atom is -0.292 e. The van der Waals surface area contributed by atoms with Crippen molar-refractivity contribution in [1.82, 2.24) is 9.55 Å². The summed E-state index contributed by atoms with van der Waals surface area (Å²) in [6.07, 6.45) is 2.80. The lowest BCUT2D eigenvalue weighted by Crippen LogP contribution is -2.20. The first kappa shape index (κ1) is 13.0. The van der Waals surface area contributed by atoms with E-state index in [1.54, 1.807) is 4.57 Å². The van der Waals surface area contributed by atoms with Crippen molar-refractivity contribution in [3.63, 3.8) is 0 Å². The second kappa shape index (κ2) is 4.91. The van der Waals surface area contributed by atoms with E-state index >= 15 is 0 Å². The molecule has 1 aliphatic rings. The summed E-state index contributed by atoms with van der Waals surface area (Å²) in [4.78, 5) is 17.0. The van der Waals surface area contributed by atoms with Gasteiger partial charge in [-0.2, -0.15) is 0 Å². The predicted molar refractivity (Wildman–Crippen MR) is 84.9 cm³/mol. The minimum absolute atomic E-state index is 0.100. The Morgan fingerprint density at radius 2 is 1.95 bits per heavy atom. The number of hydrogen-bond donors (Lipinski definition) is 0. The Labute approximate surface area is 126 Å². The molecular weight excluding hydrogens is 279 g/mol. The number of nitrogens with zero attached hydrogens (tertiary/aromatic N) is 2. The van der Waals surface area contributed by atoms with Gasteiger partial charge < -0.3 is 0 Å². The van der Waals surface area contributed by atoms with Gasteiger partial charge in [0.1, 0.15) is 11.6 Å². The van der Waals surface area contributed by atoms with Crippen molar-refractivity contribution in [1.29, 1.82) is 0 Å². The molecule has 0 unspecified atom stereocenters. The fraction of sp³-hybridized carbons (Fsp3) is 0.111. The molecule has 2 aromatic carbocycles. The van der Waals surface area contributed by atoms with Crippen molar-refractivity contribution in [2.24, 2.45) is 0 Å². The largest absolute Gasteiger partial charge is 0.292 e. The summed E-state index contributed by atoms with van der Waals surface area (Å²) < 4.78 is 15.1. The molecule has 3 aromatic rings. The zero-order chi connectivity index (χ0) is 15.1. The third-order valence-corrected chi connectivity index (χ3v) is 3.95. The van der Waals surface area contributed by atoms with Crippen LogP contribution in [0.1, 0.15) is 17.8 Å². The van der Waals surface area contributed by atoms with Crippen molar-refractivity contribution >= 4 is 22.6 Å². The van der Waals surface area contributed by atoms with Crippen LogP contribution in [0.2, 0.25) is 0 Å². The fourth-order valence-electron chi connectivity index (χ4n) is 2.88. The third kappa shape index (κ3) is 2.04. The van der Waals surface area contributed by atoms with E-state index in [1.807, 2.05) is 36.4 Å². The number of allylic oxidation sites excluding steroid dienone is 1. The fourth-order valence-corrected chi connectivity index (χ4v) is 2.88. The van der Waals surface area contributed by atoms with Crippen LogP contribution in [0.3, 0.4) is 0 Å². The Morgan fingerprint density at radius 3 is 2.77 bits per heavy atom. The predicted octanol–water partition coefficient (Wildman–Crippen LogP) is 3.48. The van der Waals surface area contributed by atoms with Gasteiger partial charge in [0, 0.05) is 12.6 Å². The first-order valence-corrected chi connectivity index (χ1v) is 7.18. The molecule has 0 atom stereocenters. The van der Waals surface area contributed by atoms with Crippen molar-refractivity contribution < 1.29 is 4.39 Å². The van der Waals surface area contributed by atoms with E-state index in [0.717, 1.165) is 17.6 Å². The summed E-state index contributed by atoms with van der Waals surface area (Å²) in [6, 6.07) is 14.0. The summed E-state index contributed by atoms with van der Waals surface area (Å²) in [5, 5.41) is 0.464. The Hall–Kier alpha value is -2.75. The lowest BCUT2D eigenvalue weighted by atomic mass is 10.1. The number of rotatable bonds is 1. The molecule has 0 radical (unpaired) electrons. The molecular formula is C18H13FN2O. The molecule has 22 heavy (non-hydrogen) atoms. The van der Waals surface area contributed by atoms with Gasteiger partial charge in [0.2, 0.25) is 0 Å². The molecule has 0 N–H and O–H groups in total. The van der Waals surface area contributed by atoms with E-state index < -0.39 is 0 Å². The van der Waals surface area contributed by atoms with Crippen LogP contribution in [0, 0.1) is 5.82 Å². The molecule has 0 saturated heterocycles. The first-order chi connectivity index (χ1) is 10.7. The second-order valence-corrected chi connectivity index (χ2v) is 5.38. The Bertz CT molecular complexity index is 958. The van der Waals surface area contributed by atoms with Gasteiger partial charge in [-0.3, -0.25) is 9.36 Å². The topological polar surface area (TPSA) is 34.9 Å². The van der Waals surface area contributed by atoms with Crippen molar-refractivity contribution in [3.8, 4) is 0 Å². The quantitative estimate of drug-likeness (QED) is 0.688. The highest BCUT2D eigenvalue weighted by Gasteiger charge is 2.20. The average Bonchev–Trinajstić information content (AvgIpc) is 2.91. The Morgan fingerprint density at radius 1 is 1.14 bits per heavy atom. The first-order valence-electron chi connectivity index (χ1n) is 7.18. The maximum Gasteiger partial charge on any atom is 0.261 e. The highest BCUT2D eigenvalue weighted by atomic mass is 19.1. The number of benzene rings is 2. The highest BCUT2D eigenvalue weighted by Crippen LogP contribution is 2.27. The normalized spacial score (nSPS) is 15.4. The van der Waals surface area contributed by atoms with E-state index in [9.17, 15) is 9.18 Å². The van der Waals surface area contributed by atoms with E-state index in [0.29, 0.717) is 23.3 Å². The van der Waals surface area contributed by atoms with Crippen molar-refractivity contribution in [3.05, 3.63) is 76.1 Å². The lowest BCUT2D eigenvalue weighted by Gasteiger charge is -2.05. The summed E-state index contributed by atoms with van der Waals surface area (Å²) in [6.45, 7) is 0.618. The summed E-state index contributed by atoms with van der Waals surface area (Å²) in [5.74, 6) is 0.267. The van der Waals surface area contributed by atoms with E-state index in [-0.39, 0.29) is 11.4 Å². The highest BCUT2D eigenvalue weighted by molar-refractivity contribution is 5.84. The van der Waals surface area contributed by atoms with Gasteiger partial charge in [-0.1, -0.05) is 30.3 Å². The summed E-state index contributed by atoms with van der Waals surface area (Å²) in [5.41, 5.74) is 2.39. The lowest BCUT2D eigenvalue weighted by molar-refractivity contribution is 0.629. The number of hydrogen-bond acceptors (Lipinski definition) is 2. The number of fused-ring (bicyclic) bond motifs is 2. The van der Waals surface area contributed by atoms with Gasteiger partial charge in [0.05, 0.1) is 10.9 Å². The van der Waals surface area contributed by atoms with Crippen LogP contribution in [-0.2, 0) is 6.54 Å². The molecule has 1 aromatic heterocycles. The summed E-state index contributed by atoms with van der Waals surface area (Å²) >= 11 is 0. The molecule has 0 bridgehead atoms. The van der Waals surface area contributed by atoms with Gasteiger partial charge in [-0.15, -0.1) is 0 Å². The maximum atomic E-state index is 13.4. The van der Waals surface area contributed by atoms with Crippen LogP contribution in [0.15, 0.2) is 53.3 Å². The van der Waals surface area contributed by atoms with Gasteiger partial charge in [-0.25, -0.2) is 9.37 Å². The molecule has 0 aliphatic carbocycles. The molecule has 0 fully saturated rings. The minimum atomic E-state index is -0.379. The molecule has 4 rings (SSSR count). The van der Waals surface area contributed by atoms with Crippen molar-refractivity contribution in [2.45, 2.75) is 13.0 Å². The van der Waals surface area contributed by atoms with Crippen LogP contribution in [0.4, 0.5) is 4.39 Å². The van der Waals surface area contributed by atoms with Crippen LogP contribution < -0.4 is 5.56 Å². The molecule has 0 spiro atoms. The van der Waals surface area contributed by atoms with E-state index in [1.165, 1.54) is 18.2 Å².